The number of nitrogens with zero attached hydrogens (tertiary/aromatic N) is 5. The van der Waals surface area contributed by atoms with E-state index in [-0.39, 0.29) is 41.2 Å². The molecule has 1 amide bonds. The fourth-order valence-corrected chi connectivity index (χ4v) is 3.84. The highest BCUT2D eigenvalue weighted by molar-refractivity contribution is 6.00. The van der Waals surface area contributed by atoms with Crippen molar-refractivity contribution in [2.75, 3.05) is 45.1 Å². The summed E-state index contributed by atoms with van der Waals surface area (Å²) in [5.41, 5.74) is 0.402. The Morgan fingerprint density at radius 3 is 2.47 bits per heavy atom. The zero-order valence-corrected chi connectivity index (χ0v) is 20.3. The summed E-state index contributed by atoms with van der Waals surface area (Å²) in [6, 6.07) is 6.32. The molecule has 0 aliphatic carbocycles. The van der Waals surface area contributed by atoms with Gasteiger partial charge in [-0.2, -0.15) is 4.39 Å². The monoisotopic (exact) mass is 532 g/mol. The van der Waals surface area contributed by atoms with Crippen molar-refractivity contribution in [3.8, 4) is 17.0 Å². The van der Waals surface area contributed by atoms with Gasteiger partial charge in [-0.05, 0) is 37.4 Å². The Morgan fingerprint density at radius 2 is 1.82 bits per heavy atom. The molecule has 0 spiro atoms. The Kier molecular flexibility index (Phi) is 8.27. The van der Waals surface area contributed by atoms with Crippen LogP contribution in [-0.4, -0.2) is 82.6 Å². The third kappa shape index (κ3) is 7.29. The second-order valence-electron chi connectivity index (χ2n) is 8.72. The van der Waals surface area contributed by atoms with Crippen LogP contribution in [0.3, 0.4) is 0 Å². The summed E-state index contributed by atoms with van der Waals surface area (Å²) in [5.74, 6) is -2.36. The minimum Gasteiger partial charge on any atom is -0.404 e. The maximum atomic E-state index is 13.9. The highest BCUT2D eigenvalue weighted by atomic mass is 19.4. The van der Waals surface area contributed by atoms with Crippen molar-refractivity contribution in [1.29, 1.82) is 0 Å². The number of rotatable bonds is 8. The van der Waals surface area contributed by atoms with Gasteiger partial charge in [0.15, 0.2) is 11.5 Å². The van der Waals surface area contributed by atoms with Gasteiger partial charge in [-0.15, -0.1) is 13.2 Å². The fraction of sp³-hybridized carbons (Fsp3) is 0.320. The van der Waals surface area contributed by atoms with Gasteiger partial charge in [0.25, 0.3) is 0 Å². The van der Waals surface area contributed by atoms with Crippen LogP contribution in [0.25, 0.3) is 11.3 Å². The summed E-state index contributed by atoms with van der Waals surface area (Å²) in [6.45, 7) is 2.79. The van der Waals surface area contributed by atoms with Crippen LogP contribution in [-0.2, 0) is 11.2 Å². The third-order valence-electron chi connectivity index (χ3n) is 5.85. The van der Waals surface area contributed by atoms with E-state index in [0.29, 0.717) is 13.1 Å². The Bertz CT molecular complexity index is 1300. The molecule has 1 saturated heterocycles. The quantitative estimate of drug-likeness (QED) is 0.268. The molecule has 0 unspecified atom stereocenters. The first-order valence-corrected chi connectivity index (χ1v) is 11.6. The van der Waals surface area contributed by atoms with Crippen LogP contribution in [0, 0.1) is 5.95 Å². The van der Waals surface area contributed by atoms with E-state index in [1.165, 1.54) is 30.7 Å². The number of Topliss-reactive ketones (excluding diaryl/α,β-unsaturated/α-hetero) is 1. The zero-order valence-electron chi connectivity index (χ0n) is 20.3. The molecule has 3 heterocycles. The van der Waals surface area contributed by atoms with E-state index in [2.05, 4.69) is 29.9 Å². The average molecular weight is 532 g/mol. The molecule has 4 rings (SSSR count). The SMILES string of the molecule is CN1CCN(CC(=O)Nc2cc(C(=O)Cc3cnc(-c4cccnc4F)cn3)ccc2OC(F)(F)F)CC1. The molecule has 1 N–H and O–H groups in total. The van der Waals surface area contributed by atoms with Gasteiger partial charge >= 0.3 is 6.36 Å². The number of benzene rings is 1. The zero-order chi connectivity index (χ0) is 27.3. The number of hydrogen-bond donors (Lipinski definition) is 1. The van der Waals surface area contributed by atoms with Gasteiger partial charge in [-0.1, -0.05) is 0 Å². The standard InChI is InChI=1S/C25H24F4N6O3/c1-34-7-9-35(10-8-34)15-23(37)33-19-11-16(4-5-22(19)38-25(27,28)29)21(36)12-17-13-32-20(14-31-17)18-3-2-6-30-24(18)26/h2-6,11,13-14H,7-10,12,15H2,1H3,(H,33,37). The van der Waals surface area contributed by atoms with Gasteiger partial charge in [0.2, 0.25) is 11.9 Å². The number of ether oxygens (including phenoxy) is 1. The number of piperazine rings is 1. The van der Waals surface area contributed by atoms with Gasteiger partial charge in [0.1, 0.15) is 0 Å². The van der Waals surface area contributed by atoms with Crippen LogP contribution < -0.4 is 10.1 Å². The first-order valence-electron chi connectivity index (χ1n) is 11.6. The predicted octanol–water partition coefficient (Wildman–Crippen LogP) is 3.19. The number of ketones is 1. The van der Waals surface area contributed by atoms with E-state index in [4.69, 9.17) is 0 Å². The lowest BCUT2D eigenvalue weighted by atomic mass is 10.1. The number of halogens is 4. The number of nitrogens with one attached hydrogen (secondary N) is 1. The smallest absolute Gasteiger partial charge is 0.404 e. The Balaban J connectivity index is 1.48. The molecule has 38 heavy (non-hydrogen) atoms. The fourth-order valence-electron chi connectivity index (χ4n) is 3.84. The molecule has 1 fully saturated rings. The van der Waals surface area contributed by atoms with Crippen LogP contribution in [0.4, 0.5) is 23.2 Å². The molecule has 1 aliphatic heterocycles. The van der Waals surface area contributed by atoms with Crippen LogP contribution in [0.2, 0.25) is 0 Å². The van der Waals surface area contributed by atoms with Gasteiger partial charge in [-0.3, -0.25) is 24.5 Å². The maximum absolute atomic E-state index is 13.9. The van der Waals surface area contributed by atoms with E-state index in [0.717, 1.165) is 25.2 Å². The van der Waals surface area contributed by atoms with Crippen molar-refractivity contribution in [3.63, 3.8) is 0 Å². The summed E-state index contributed by atoms with van der Waals surface area (Å²) in [5, 5.41) is 2.44. The highest BCUT2D eigenvalue weighted by Crippen LogP contribution is 2.31. The predicted molar refractivity (Wildman–Crippen MR) is 129 cm³/mol. The number of pyridine rings is 1. The molecular weight excluding hydrogens is 508 g/mol. The van der Waals surface area contributed by atoms with E-state index >= 15 is 0 Å². The first-order chi connectivity index (χ1) is 18.1. The number of alkyl halides is 3. The molecule has 1 aliphatic rings. The van der Waals surface area contributed by atoms with Crippen molar-refractivity contribution in [2.45, 2.75) is 12.8 Å². The van der Waals surface area contributed by atoms with Gasteiger partial charge in [0.05, 0.1) is 41.8 Å². The summed E-state index contributed by atoms with van der Waals surface area (Å²) < 4.78 is 56.7. The van der Waals surface area contributed by atoms with Crippen molar-refractivity contribution >= 4 is 17.4 Å². The van der Waals surface area contributed by atoms with Crippen LogP contribution in [0.15, 0.2) is 48.9 Å². The van der Waals surface area contributed by atoms with Gasteiger partial charge in [0, 0.05) is 44.1 Å². The second kappa shape index (κ2) is 11.6. The number of hydrogen-bond acceptors (Lipinski definition) is 8. The molecule has 0 radical (unpaired) electrons. The summed E-state index contributed by atoms with van der Waals surface area (Å²) >= 11 is 0. The third-order valence-corrected chi connectivity index (χ3v) is 5.85. The highest BCUT2D eigenvalue weighted by Gasteiger charge is 2.32. The minimum absolute atomic E-state index is 0.0169. The number of carbonyl (C=O) groups excluding carboxylic acids is 2. The molecule has 3 aromatic rings. The molecule has 0 atom stereocenters. The summed E-state index contributed by atoms with van der Waals surface area (Å²) in [7, 11) is 1.96. The Labute approximate surface area is 215 Å². The largest absolute Gasteiger partial charge is 0.573 e. The maximum Gasteiger partial charge on any atom is 0.573 e. The lowest BCUT2D eigenvalue weighted by Crippen LogP contribution is -2.47. The molecule has 9 nitrogen and oxygen atoms in total. The average Bonchev–Trinajstić information content (AvgIpc) is 2.86. The van der Waals surface area contributed by atoms with Crippen molar-refractivity contribution in [2.24, 2.45) is 0 Å². The van der Waals surface area contributed by atoms with Crippen molar-refractivity contribution < 1.29 is 31.9 Å². The second-order valence-corrected chi connectivity index (χ2v) is 8.72. The van der Waals surface area contributed by atoms with E-state index in [1.54, 1.807) is 6.07 Å². The molecule has 1 aromatic carbocycles. The van der Waals surface area contributed by atoms with Crippen molar-refractivity contribution in [3.05, 3.63) is 66.1 Å². The molecule has 0 bridgehead atoms. The van der Waals surface area contributed by atoms with E-state index in [9.17, 15) is 27.2 Å². The number of amides is 1. The Morgan fingerprint density at radius 1 is 1.05 bits per heavy atom. The molecule has 200 valence electrons. The van der Waals surface area contributed by atoms with Gasteiger partial charge in [-0.25, -0.2) is 4.98 Å². The lowest BCUT2D eigenvalue weighted by Gasteiger charge is -2.31. The molecule has 2 aromatic heterocycles. The van der Waals surface area contributed by atoms with Crippen LogP contribution in [0.1, 0.15) is 16.1 Å². The van der Waals surface area contributed by atoms with Crippen LogP contribution in [0.5, 0.6) is 5.75 Å². The molecular formula is C25H24F4N6O3. The van der Waals surface area contributed by atoms with Gasteiger partial charge < -0.3 is 15.0 Å². The number of likely N-dealkylation sites (N-methyl/N-ethyl adjacent to an activating group) is 1. The first kappa shape index (κ1) is 27.1. The topological polar surface area (TPSA) is 101 Å². The molecule has 13 heteroatoms. The van der Waals surface area contributed by atoms with E-state index < -0.39 is 29.7 Å². The molecule has 0 saturated carbocycles. The van der Waals surface area contributed by atoms with E-state index in [1.807, 2.05) is 11.9 Å². The van der Waals surface area contributed by atoms with Crippen LogP contribution >= 0.6 is 0 Å². The minimum atomic E-state index is -4.99. The van der Waals surface area contributed by atoms with Crippen molar-refractivity contribution in [1.82, 2.24) is 24.8 Å². The summed E-state index contributed by atoms with van der Waals surface area (Å²) in [6.07, 6.45) is -1.32. The number of anilines is 1. The normalized spacial score (nSPS) is 14.8. The number of carbonyl (C=O) groups is 2. The Hall–Kier alpha value is -3.97. The summed E-state index contributed by atoms with van der Waals surface area (Å²) in [4.78, 5) is 41.3. The lowest BCUT2D eigenvalue weighted by molar-refractivity contribution is -0.274. The number of aromatic nitrogens is 3.